The van der Waals surface area contributed by atoms with Gasteiger partial charge in [0, 0.05) is 17.7 Å². The zero-order valence-electron chi connectivity index (χ0n) is 21.6. The summed E-state index contributed by atoms with van der Waals surface area (Å²) in [4.78, 5) is 14.0. The topological polar surface area (TPSA) is 69.8 Å². The molecule has 0 fully saturated rings. The zero-order valence-corrected chi connectivity index (χ0v) is 21.6. The van der Waals surface area contributed by atoms with Crippen LogP contribution >= 0.6 is 0 Å². The highest BCUT2D eigenvalue weighted by Crippen LogP contribution is 2.37. The Bertz CT molecular complexity index is 1600. The monoisotopic (exact) mass is 506 g/mol. The van der Waals surface area contributed by atoms with Crippen LogP contribution in [0.4, 0.5) is 5.69 Å². The molecule has 0 bridgehead atoms. The van der Waals surface area contributed by atoms with Gasteiger partial charge in [0.1, 0.15) is 29.4 Å². The summed E-state index contributed by atoms with van der Waals surface area (Å²) in [6, 6.07) is 25.5. The third kappa shape index (κ3) is 4.30. The molecule has 1 N–H and O–H groups in total. The molecule has 0 saturated heterocycles. The number of hydrogen-bond donors (Lipinski definition) is 1. The van der Waals surface area contributed by atoms with Crippen LogP contribution in [0, 0.1) is 6.92 Å². The number of carbonyl (C=O) groups excluding carboxylic acids is 1. The molecule has 0 atom stereocenters. The zero-order chi connectivity index (χ0) is 26.1. The van der Waals surface area contributed by atoms with Crippen LogP contribution < -0.4 is 14.8 Å². The molecule has 1 aliphatic rings. The maximum Gasteiger partial charge on any atom is 0.275 e. The molecule has 0 radical (unpaired) electrons. The Morgan fingerprint density at radius 1 is 0.974 bits per heavy atom. The summed E-state index contributed by atoms with van der Waals surface area (Å²) < 4.78 is 15.6. The molecule has 3 aromatic carbocycles. The number of para-hydroxylation sites is 3. The van der Waals surface area contributed by atoms with E-state index in [2.05, 4.69) is 41.1 Å². The van der Waals surface area contributed by atoms with E-state index < -0.39 is 0 Å². The van der Waals surface area contributed by atoms with Gasteiger partial charge in [0.05, 0.1) is 12.8 Å². The van der Waals surface area contributed by atoms with Crippen LogP contribution in [0.1, 0.15) is 40.3 Å². The average Bonchev–Trinajstić information content (AvgIpc) is 3.35. The molecule has 0 unspecified atom stereocenters. The summed E-state index contributed by atoms with van der Waals surface area (Å²) in [6.07, 6.45) is 2.95. The highest BCUT2D eigenvalue weighted by molar-refractivity contribution is 6.10. The Morgan fingerprint density at radius 3 is 2.53 bits per heavy atom. The first-order chi connectivity index (χ1) is 18.6. The maximum absolute atomic E-state index is 14.0. The van der Waals surface area contributed by atoms with Crippen LogP contribution in [0.3, 0.4) is 0 Å². The quantitative estimate of drug-likeness (QED) is 0.282. The predicted octanol–water partition coefficient (Wildman–Crippen LogP) is 6.29. The van der Waals surface area contributed by atoms with E-state index >= 15 is 0 Å². The first-order valence-electron chi connectivity index (χ1n) is 13.0. The first-order valence-corrected chi connectivity index (χ1v) is 13.0. The molecule has 6 rings (SSSR count). The number of hydrogen-bond acceptors (Lipinski definition) is 4. The number of nitrogens with one attached hydrogen (secondary N) is 1. The number of aryl methyl sites for hydroxylation is 3. The van der Waals surface area contributed by atoms with Crippen molar-refractivity contribution in [3.63, 3.8) is 0 Å². The predicted molar refractivity (Wildman–Crippen MR) is 148 cm³/mol. The molecule has 3 heterocycles. The third-order valence-corrected chi connectivity index (χ3v) is 7.08. The Hall–Kier alpha value is -4.52. The molecule has 0 spiro atoms. The van der Waals surface area contributed by atoms with Crippen molar-refractivity contribution >= 4 is 17.2 Å². The van der Waals surface area contributed by atoms with Crippen LogP contribution in [0.25, 0.3) is 16.8 Å². The lowest BCUT2D eigenvalue weighted by Gasteiger charge is -2.12. The van der Waals surface area contributed by atoms with Crippen molar-refractivity contribution in [1.82, 2.24) is 14.2 Å². The lowest BCUT2D eigenvalue weighted by atomic mass is 9.97. The van der Waals surface area contributed by atoms with Gasteiger partial charge in [-0.05, 0) is 56.0 Å². The average molecular weight is 507 g/mol. The first kappa shape index (κ1) is 23.9. The minimum Gasteiger partial charge on any atom is -0.495 e. The van der Waals surface area contributed by atoms with Crippen LogP contribution in [-0.4, -0.2) is 27.2 Å². The van der Waals surface area contributed by atoms with E-state index in [1.807, 2.05) is 59.1 Å². The van der Waals surface area contributed by atoms with Crippen molar-refractivity contribution in [3.8, 4) is 22.6 Å². The van der Waals surface area contributed by atoms with Gasteiger partial charge in [-0.25, -0.2) is 4.52 Å². The fraction of sp³-hybridized carbons (Fsp3) is 0.226. The molecule has 7 heteroatoms. The fourth-order valence-electron chi connectivity index (χ4n) is 5.25. The summed E-state index contributed by atoms with van der Waals surface area (Å²) in [5.41, 5.74) is 6.37. The smallest absolute Gasteiger partial charge is 0.275 e. The van der Waals surface area contributed by atoms with Crippen LogP contribution in [0.5, 0.6) is 11.5 Å². The van der Waals surface area contributed by atoms with Gasteiger partial charge in [0.2, 0.25) is 0 Å². The summed E-state index contributed by atoms with van der Waals surface area (Å²) in [5.74, 6) is 1.96. The normalized spacial score (nSPS) is 12.8. The molecule has 5 aromatic rings. The number of ether oxygens (including phenoxy) is 2. The number of benzene rings is 3. The van der Waals surface area contributed by atoms with E-state index in [0.29, 0.717) is 23.7 Å². The van der Waals surface area contributed by atoms with Crippen molar-refractivity contribution in [3.05, 3.63) is 102 Å². The molecule has 38 heavy (non-hydrogen) atoms. The number of aromatic nitrogens is 3. The number of methoxy groups -OCH3 is 1. The molecule has 0 saturated carbocycles. The third-order valence-electron chi connectivity index (χ3n) is 7.08. The van der Waals surface area contributed by atoms with Crippen LogP contribution in [0.2, 0.25) is 0 Å². The van der Waals surface area contributed by atoms with E-state index in [0.717, 1.165) is 59.7 Å². The Balaban J connectivity index is 1.51. The minimum atomic E-state index is -0.230. The summed E-state index contributed by atoms with van der Waals surface area (Å²) >= 11 is 0. The summed E-state index contributed by atoms with van der Waals surface area (Å²) in [7, 11) is 1.60. The molecule has 192 valence electrons. The van der Waals surface area contributed by atoms with Gasteiger partial charge in [-0.15, -0.1) is 5.10 Å². The lowest BCUT2D eigenvalue weighted by molar-refractivity contribution is 0.102. The summed E-state index contributed by atoms with van der Waals surface area (Å²) in [6.45, 7) is 3.21. The summed E-state index contributed by atoms with van der Waals surface area (Å²) in [5, 5.41) is 8.06. The van der Waals surface area contributed by atoms with Gasteiger partial charge in [0.15, 0.2) is 5.82 Å². The number of amides is 1. The van der Waals surface area contributed by atoms with E-state index in [9.17, 15) is 4.79 Å². The van der Waals surface area contributed by atoms with Crippen molar-refractivity contribution < 1.29 is 14.3 Å². The number of carbonyl (C=O) groups is 1. The maximum atomic E-state index is 14.0. The molecule has 2 aromatic heterocycles. The van der Waals surface area contributed by atoms with Crippen molar-refractivity contribution in [1.29, 1.82) is 0 Å². The SMILES string of the molecule is COc1ccccc1NC(=O)c1c(-c2ccc(C)cc2)c2c3n(c(COc4ccccc4)nn13)CCCC2. The standard InChI is InChI=1S/C31H30N4O3/c1-21-15-17-22(18-16-21)28-24-12-8-9-19-34-27(20-38-23-10-4-3-5-11-23)33-35(31(24)34)29(28)30(36)32-25-13-6-7-14-26(25)37-2/h3-7,10-11,13-18H,8-9,12,19-20H2,1-2H3,(H,32,36). The molecular weight excluding hydrogens is 476 g/mol. The second kappa shape index (κ2) is 10.1. The van der Waals surface area contributed by atoms with Gasteiger partial charge in [0.25, 0.3) is 5.91 Å². The minimum absolute atomic E-state index is 0.230. The van der Waals surface area contributed by atoms with Gasteiger partial charge in [-0.3, -0.25) is 4.79 Å². The molecule has 0 aliphatic carbocycles. The van der Waals surface area contributed by atoms with Crippen molar-refractivity contribution in [2.45, 2.75) is 39.3 Å². The van der Waals surface area contributed by atoms with Gasteiger partial charge >= 0.3 is 0 Å². The number of rotatable bonds is 7. The van der Waals surface area contributed by atoms with Crippen molar-refractivity contribution in [2.24, 2.45) is 0 Å². The number of anilines is 1. The van der Waals surface area contributed by atoms with E-state index in [1.54, 1.807) is 7.11 Å². The van der Waals surface area contributed by atoms with E-state index in [4.69, 9.17) is 14.6 Å². The van der Waals surface area contributed by atoms with Crippen molar-refractivity contribution in [2.75, 3.05) is 12.4 Å². The molecule has 7 nitrogen and oxygen atoms in total. The number of nitrogens with zero attached hydrogens (tertiary/aromatic N) is 3. The van der Waals surface area contributed by atoms with Gasteiger partial charge < -0.3 is 19.4 Å². The lowest BCUT2D eigenvalue weighted by Crippen LogP contribution is -2.16. The van der Waals surface area contributed by atoms with Crippen LogP contribution in [0.15, 0.2) is 78.9 Å². The highest BCUT2D eigenvalue weighted by atomic mass is 16.5. The second-order valence-electron chi connectivity index (χ2n) is 9.58. The van der Waals surface area contributed by atoms with E-state index in [1.165, 1.54) is 5.56 Å². The largest absolute Gasteiger partial charge is 0.495 e. The van der Waals surface area contributed by atoms with Gasteiger partial charge in [-0.1, -0.05) is 60.2 Å². The van der Waals surface area contributed by atoms with Crippen LogP contribution in [-0.2, 0) is 19.6 Å². The van der Waals surface area contributed by atoms with Gasteiger partial charge in [-0.2, -0.15) is 0 Å². The highest BCUT2D eigenvalue weighted by Gasteiger charge is 2.31. The Labute approximate surface area is 221 Å². The van der Waals surface area contributed by atoms with E-state index in [-0.39, 0.29) is 5.91 Å². The molecule has 1 aliphatic heterocycles. The molecular formula is C31H30N4O3. The Morgan fingerprint density at radius 2 is 1.74 bits per heavy atom. The second-order valence-corrected chi connectivity index (χ2v) is 9.58. The Kier molecular flexibility index (Phi) is 6.33. The fourth-order valence-corrected chi connectivity index (χ4v) is 5.25. The molecule has 1 amide bonds.